The van der Waals surface area contributed by atoms with Crippen molar-refractivity contribution in [2.45, 2.75) is 107 Å². The molecule has 26 heteroatoms. The Morgan fingerprint density at radius 1 is 0.781 bits per heavy atom. The van der Waals surface area contributed by atoms with E-state index >= 15 is 0 Å². The molecule has 7 N–H and O–H groups in total. The number of carbonyl (C=O) groups excluding carboxylic acids is 5. The van der Waals surface area contributed by atoms with E-state index < -0.39 is 71.8 Å². The molecule has 0 bridgehead atoms. The number of H-pyrrole nitrogens is 1. The fourth-order valence-corrected chi connectivity index (χ4v) is 8.02. The molecule has 1 heterocycles. The molecule has 396 valence electrons. The van der Waals surface area contributed by atoms with Crippen LogP contribution in [0.1, 0.15) is 78.7 Å². The van der Waals surface area contributed by atoms with Crippen LogP contribution in [-0.2, 0) is 45.8 Å². The van der Waals surface area contributed by atoms with E-state index in [1.54, 1.807) is 35.4 Å². The number of methoxy groups -OCH3 is 1. The lowest BCUT2D eigenvalue weighted by Crippen LogP contribution is -2.48. The van der Waals surface area contributed by atoms with Crippen LogP contribution in [0.2, 0.25) is 0 Å². The van der Waals surface area contributed by atoms with Gasteiger partial charge < -0.3 is 36.3 Å². The third kappa shape index (κ3) is 14.7. The zero-order valence-corrected chi connectivity index (χ0v) is 38.8. The Morgan fingerprint density at radius 3 is 1.90 bits per heavy atom. The molecule has 3 aromatic carbocycles. The number of rotatable bonds is 15. The topological polar surface area (TPSA) is 245 Å². The number of esters is 2. The molecule has 0 spiro atoms. The highest BCUT2D eigenvalue weighted by Crippen LogP contribution is 2.42. The van der Waals surface area contributed by atoms with Gasteiger partial charge in [0.25, 0.3) is 5.91 Å². The molecule has 1 atom stereocenters. The lowest BCUT2D eigenvalue weighted by atomic mass is 9.81. The molecule has 2 saturated carbocycles. The number of hydrogen-bond donors (Lipinski definition) is 6. The number of halogens is 10. The number of nitrogens with two attached hydrogens (primary N) is 1. The predicted octanol–water partition coefficient (Wildman–Crippen LogP) is 7.56. The van der Waals surface area contributed by atoms with Crippen molar-refractivity contribution in [1.82, 2.24) is 25.8 Å². The van der Waals surface area contributed by atoms with Crippen LogP contribution in [0.3, 0.4) is 0 Å². The highest BCUT2D eigenvalue weighted by atomic mass is 19.4. The third-order valence-corrected chi connectivity index (χ3v) is 12.2. The smallest absolute Gasteiger partial charge is 0.475 e. The molecule has 0 unspecified atom stereocenters. The summed E-state index contributed by atoms with van der Waals surface area (Å²) >= 11 is 0. The molecule has 4 aromatic rings. The van der Waals surface area contributed by atoms with Gasteiger partial charge in [0.15, 0.2) is 5.82 Å². The van der Waals surface area contributed by atoms with Crippen LogP contribution in [0.25, 0.3) is 22.5 Å². The summed E-state index contributed by atoms with van der Waals surface area (Å²) in [5.74, 6) is -20.9. The second kappa shape index (κ2) is 23.6. The number of hydrogen-bond acceptors (Lipinski definition) is 11. The van der Waals surface area contributed by atoms with Gasteiger partial charge in [-0.3, -0.25) is 19.5 Å². The maximum atomic E-state index is 14.5. The SMILES string of the molecule is COC(=O)C(F)(F)C(F)(F)c1nc(-c2ccc(NC(=O)[C@H](Cc3ccc(-c4ccc(C(=O)NC5CCC(OC(=O)C(F)(F)F)CC5)cc4C)cc3)NC(=O)C3CCC(CN)CC3)cc2)n[nH]1.O=C(O)C(F)(F)F. The number of benzene rings is 3. The van der Waals surface area contributed by atoms with E-state index in [1.165, 1.54) is 24.3 Å². The molecule has 73 heavy (non-hydrogen) atoms. The molecule has 0 aliphatic heterocycles. The number of carboxylic acid groups (broad SMARTS) is 1. The molecule has 2 aliphatic rings. The number of carboxylic acids is 1. The lowest BCUT2D eigenvalue weighted by molar-refractivity contribution is -0.233. The van der Waals surface area contributed by atoms with Gasteiger partial charge in [-0.15, -0.1) is 0 Å². The Labute approximate surface area is 409 Å². The monoisotopic (exact) mass is 1050 g/mol. The van der Waals surface area contributed by atoms with Gasteiger partial charge in [0.1, 0.15) is 12.1 Å². The Bertz CT molecular complexity index is 2590. The van der Waals surface area contributed by atoms with Gasteiger partial charge in [0.2, 0.25) is 17.6 Å². The molecule has 0 saturated heterocycles. The van der Waals surface area contributed by atoms with Crippen molar-refractivity contribution in [3.8, 4) is 22.5 Å². The maximum absolute atomic E-state index is 14.5. The minimum Gasteiger partial charge on any atom is -0.475 e. The Hall–Kier alpha value is -7.12. The van der Waals surface area contributed by atoms with Gasteiger partial charge in [-0.2, -0.15) is 49.0 Å². The zero-order chi connectivity index (χ0) is 54.1. The number of aromatic amines is 1. The average molecular weight is 1050 g/mol. The molecule has 0 radical (unpaired) electrons. The Morgan fingerprint density at radius 2 is 1.37 bits per heavy atom. The van der Waals surface area contributed by atoms with Crippen LogP contribution < -0.4 is 21.7 Å². The molecule has 2 fully saturated rings. The number of nitrogens with one attached hydrogen (secondary N) is 4. The number of carbonyl (C=O) groups is 6. The highest BCUT2D eigenvalue weighted by molar-refractivity contribution is 5.98. The van der Waals surface area contributed by atoms with Crippen molar-refractivity contribution in [1.29, 1.82) is 0 Å². The van der Waals surface area contributed by atoms with Crippen LogP contribution in [0.15, 0.2) is 66.7 Å². The summed E-state index contributed by atoms with van der Waals surface area (Å²) in [7, 11) is 0.539. The number of aromatic nitrogens is 3. The van der Waals surface area contributed by atoms with Gasteiger partial charge in [-0.1, -0.05) is 30.3 Å². The van der Waals surface area contributed by atoms with Crippen molar-refractivity contribution in [2.24, 2.45) is 17.6 Å². The number of aliphatic carboxylic acids is 1. The van der Waals surface area contributed by atoms with E-state index in [1.807, 2.05) is 19.1 Å². The van der Waals surface area contributed by atoms with Gasteiger partial charge >= 0.3 is 42.1 Å². The van der Waals surface area contributed by atoms with Crippen LogP contribution in [0, 0.1) is 18.8 Å². The number of aryl methyl sites for hydroxylation is 1. The van der Waals surface area contributed by atoms with E-state index in [0.717, 1.165) is 29.5 Å². The third-order valence-electron chi connectivity index (χ3n) is 12.2. The van der Waals surface area contributed by atoms with Crippen LogP contribution >= 0.6 is 0 Å². The maximum Gasteiger partial charge on any atom is 0.490 e. The molecule has 6 rings (SSSR count). The minimum atomic E-state index is -5.23. The first-order valence-corrected chi connectivity index (χ1v) is 22.4. The quantitative estimate of drug-likeness (QED) is 0.0499. The van der Waals surface area contributed by atoms with E-state index in [9.17, 15) is 67.9 Å². The number of anilines is 1. The van der Waals surface area contributed by atoms with E-state index in [-0.39, 0.29) is 54.3 Å². The fraction of sp³-hybridized carbons (Fsp3) is 0.447. The summed E-state index contributed by atoms with van der Waals surface area (Å²) in [5.41, 5.74) is 9.67. The molecular weight excluding hydrogens is 997 g/mol. The second-order valence-electron chi connectivity index (χ2n) is 17.3. The Balaban J connectivity index is 0.00000131. The standard InChI is InChI=1S/C45H48F7N7O7.C2HF3O2/c1-24-21-30(38(61)54-32-16-18-33(19-17-32)66-42(64)45(50,51)52)13-20-34(24)27-7-3-25(4-8-27)22-35(56-37(60)29-9-5-26(23-53)6-10-29)39(62)55-31-14-11-28(12-15-31)36-57-40(59-58-36)43(46,47)44(48,49)41(63)65-2;3-2(4,5)1(6)7/h3-4,7-8,11-15,20-21,26,29,32-33,35H,5-6,9-10,16-19,22-23,53H2,1-2H3,(H,54,61)(H,55,62)(H,56,60)(H,57,58,59);(H,6,7)/t26?,29?,32?,33?,35-;/m0./s1. The molecule has 1 aromatic heterocycles. The predicted molar refractivity (Wildman–Crippen MR) is 237 cm³/mol. The van der Waals surface area contributed by atoms with Crippen molar-refractivity contribution >= 4 is 41.3 Å². The van der Waals surface area contributed by atoms with Crippen LogP contribution in [-0.4, -0.2) is 106 Å². The molecular formula is C47H49F10N7O9. The minimum absolute atomic E-state index is 0.0865. The molecule has 2 aliphatic carbocycles. The van der Waals surface area contributed by atoms with E-state index in [0.29, 0.717) is 56.4 Å². The van der Waals surface area contributed by atoms with Crippen molar-refractivity contribution in [2.75, 3.05) is 19.0 Å². The summed E-state index contributed by atoms with van der Waals surface area (Å²) in [4.78, 5) is 75.4. The van der Waals surface area contributed by atoms with Gasteiger partial charge in [0.05, 0.1) is 7.11 Å². The number of amides is 3. The number of nitrogens with zero attached hydrogens (tertiary/aromatic N) is 2. The summed E-state index contributed by atoms with van der Waals surface area (Å²) in [5, 5.41) is 21.0. The number of ether oxygens (including phenoxy) is 2. The normalized spacial score (nSPS) is 18.8. The van der Waals surface area contributed by atoms with Crippen molar-refractivity contribution in [3.63, 3.8) is 0 Å². The van der Waals surface area contributed by atoms with Gasteiger partial charge in [-0.25, -0.2) is 19.4 Å². The second-order valence-corrected chi connectivity index (χ2v) is 17.3. The van der Waals surface area contributed by atoms with Gasteiger partial charge in [0, 0.05) is 35.2 Å². The van der Waals surface area contributed by atoms with Crippen LogP contribution in [0.4, 0.5) is 49.6 Å². The van der Waals surface area contributed by atoms with E-state index in [2.05, 4.69) is 35.5 Å². The van der Waals surface area contributed by atoms with Crippen molar-refractivity contribution < 1.29 is 87.3 Å². The van der Waals surface area contributed by atoms with Gasteiger partial charge in [-0.05, 0) is 129 Å². The molecule has 3 amide bonds. The van der Waals surface area contributed by atoms with E-state index in [4.69, 9.17) is 15.6 Å². The highest BCUT2D eigenvalue weighted by Gasteiger charge is 2.66. The first-order chi connectivity index (χ1) is 34.1. The first-order valence-electron chi connectivity index (χ1n) is 22.4. The zero-order valence-electron chi connectivity index (χ0n) is 38.8. The Kier molecular flexibility index (Phi) is 18.4. The average Bonchev–Trinajstić information content (AvgIpc) is 3.86. The summed E-state index contributed by atoms with van der Waals surface area (Å²) in [6, 6.07) is 16.6. The first kappa shape index (κ1) is 56.8. The van der Waals surface area contributed by atoms with Crippen LogP contribution in [0.5, 0.6) is 0 Å². The summed E-state index contributed by atoms with van der Waals surface area (Å²) in [6.45, 7) is 2.35. The van der Waals surface area contributed by atoms with Crippen molar-refractivity contribution in [3.05, 3.63) is 89.2 Å². The summed E-state index contributed by atoms with van der Waals surface area (Å²) in [6.07, 6.45) is -7.10. The fourth-order valence-electron chi connectivity index (χ4n) is 8.02. The molecule has 16 nitrogen and oxygen atoms in total. The number of alkyl halides is 10. The largest absolute Gasteiger partial charge is 0.490 e. The lowest BCUT2D eigenvalue weighted by Gasteiger charge is -2.29. The summed E-state index contributed by atoms with van der Waals surface area (Å²) < 4.78 is 135.